The molecule has 1 rings (SSSR count). The highest BCUT2D eigenvalue weighted by Crippen LogP contribution is 2.28. The highest BCUT2D eigenvalue weighted by molar-refractivity contribution is 7.99. The first-order valence-electron chi connectivity index (χ1n) is 15.7. The lowest BCUT2D eigenvalue weighted by atomic mass is 9.85. The molecule has 0 radical (unpaired) electrons. The van der Waals surface area contributed by atoms with Crippen LogP contribution in [0.5, 0.6) is 0 Å². The molecule has 3 heteroatoms. The molecule has 1 aliphatic carbocycles. The van der Waals surface area contributed by atoms with E-state index in [0.717, 1.165) is 24.7 Å². The summed E-state index contributed by atoms with van der Waals surface area (Å²) in [6.45, 7) is 3.26. The summed E-state index contributed by atoms with van der Waals surface area (Å²) in [6, 6.07) is 0. The van der Waals surface area contributed by atoms with E-state index in [2.05, 4.69) is 6.92 Å². The summed E-state index contributed by atoms with van der Waals surface area (Å²) < 4.78 is 5.90. The normalized spacial score (nSPS) is 15.7. The molecule has 0 heterocycles. The minimum atomic E-state index is 0.0391. The molecule has 0 aromatic carbocycles. The van der Waals surface area contributed by atoms with E-state index in [-0.39, 0.29) is 12.7 Å². The molecule has 0 amide bonds. The predicted molar refractivity (Wildman–Crippen MR) is 154 cm³/mol. The van der Waals surface area contributed by atoms with Gasteiger partial charge < -0.3 is 9.84 Å². The lowest BCUT2D eigenvalue weighted by molar-refractivity contribution is 0.0260. The van der Waals surface area contributed by atoms with Gasteiger partial charge in [-0.2, -0.15) is 11.8 Å². The predicted octanol–water partition coefficient (Wildman–Crippen LogP) is 10.1. The molecular weight excluding hydrogens is 436 g/mol. The Hall–Kier alpha value is 0.270. The van der Waals surface area contributed by atoms with Gasteiger partial charge in [-0.05, 0) is 24.5 Å². The van der Waals surface area contributed by atoms with Gasteiger partial charge in [0, 0.05) is 12.4 Å². The molecule has 0 spiro atoms. The van der Waals surface area contributed by atoms with E-state index in [0.29, 0.717) is 0 Å². The SMILES string of the molecule is CCCCCCCCCCOC(CO)CSCCCCCCCCCCCCC1CCCCC1. The number of aliphatic hydroxyl groups excluding tert-OH is 1. The van der Waals surface area contributed by atoms with E-state index in [1.165, 1.54) is 153 Å². The molecular formula is C31H62O2S. The summed E-state index contributed by atoms with van der Waals surface area (Å²) in [5.41, 5.74) is 0. The van der Waals surface area contributed by atoms with Crippen LogP contribution in [0.4, 0.5) is 0 Å². The van der Waals surface area contributed by atoms with E-state index >= 15 is 0 Å². The van der Waals surface area contributed by atoms with Crippen molar-refractivity contribution in [3.8, 4) is 0 Å². The topological polar surface area (TPSA) is 29.5 Å². The lowest BCUT2D eigenvalue weighted by Gasteiger charge is -2.21. The van der Waals surface area contributed by atoms with Crippen LogP contribution >= 0.6 is 11.8 Å². The van der Waals surface area contributed by atoms with Gasteiger partial charge in [0.1, 0.15) is 0 Å². The number of hydrogen-bond acceptors (Lipinski definition) is 3. The second-order valence-corrected chi connectivity index (χ2v) is 12.2. The van der Waals surface area contributed by atoms with E-state index in [9.17, 15) is 5.11 Å². The first kappa shape index (κ1) is 32.3. The van der Waals surface area contributed by atoms with Crippen LogP contribution in [-0.4, -0.2) is 35.9 Å². The molecule has 1 aliphatic rings. The number of ether oxygens (including phenoxy) is 1. The van der Waals surface area contributed by atoms with Gasteiger partial charge in [0.2, 0.25) is 0 Å². The average Bonchev–Trinajstić information content (AvgIpc) is 2.87. The van der Waals surface area contributed by atoms with E-state index in [4.69, 9.17) is 4.74 Å². The number of rotatable bonds is 26. The van der Waals surface area contributed by atoms with Gasteiger partial charge in [-0.25, -0.2) is 0 Å². The van der Waals surface area contributed by atoms with Crippen LogP contribution in [0.15, 0.2) is 0 Å². The van der Waals surface area contributed by atoms with Crippen molar-refractivity contribution in [2.75, 3.05) is 24.7 Å². The molecule has 0 saturated heterocycles. The van der Waals surface area contributed by atoms with Crippen LogP contribution in [0.25, 0.3) is 0 Å². The van der Waals surface area contributed by atoms with Gasteiger partial charge in [0.15, 0.2) is 0 Å². The zero-order chi connectivity index (χ0) is 24.4. The standard InChI is InChI=1S/C31H62O2S/c1-2-3-4-5-6-12-15-21-26-33-31(28-32)29-34-27-22-16-13-10-8-7-9-11-14-18-23-30-24-19-17-20-25-30/h30-32H,2-29H2,1H3. The molecule has 0 aliphatic heterocycles. The Labute approximate surface area is 219 Å². The van der Waals surface area contributed by atoms with Crippen molar-refractivity contribution >= 4 is 11.8 Å². The Balaban J connectivity index is 1.74. The fourth-order valence-corrected chi connectivity index (χ4v) is 6.42. The molecule has 2 nitrogen and oxygen atoms in total. The zero-order valence-electron chi connectivity index (χ0n) is 23.2. The molecule has 0 aromatic heterocycles. The third kappa shape index (κ3) is 21.5. The molecule has 1 fully saturated rings. The van der Waals surface area contributed by atoms with Crippen molar-refractivity contribution in [1.82, 2.24) is 0 Å². The summed E-state index contributed by atoms with van der Waals surface area (Å²) in [7, 11) is 0. The van der Waals surface area contributed by atoms with Gasteiger partial charge in [0.25, 0.3) is 0 Å². The van der Waals surface area contributed by atoms with E-state index in [1.807, 2.05) is 11.8 Å². The van der Waals surface area contributed by atoms with Crippen molar-refractivity contribution < 1.29 is 9.84 Å². The van der Waals surface area contributed by atoms with Gasteiger partial charge >= 0.3 is 0 Å². The Bertz CT molecular complexity index is 384. The van der Waals surface area contributed by atoms with E-state index in [1.54, 1.807) is 0 Å². The van der Waals surface area contributed by atoms with Crippen LogP contribution < -0.4 is 0 Å². The average molecular weight is 499 g/mol. The molecule has 0 bridgehead atoms. The first-order chi connectivity index (χ1) is 16.9. The molecule has 204 valence electrons. The molecule has 0 aromatic rings. The maximum atomic E-state index is 9.56. The highest BCUT2D eigenvalue weighted by Gasteiger charge is 2.12. The van der Waals surface area contributed by atoms with Gasteiger partial charge in [0.05, 0.1) is 12.7 Å². The van der Waals surface area contributed by atoms with Crippen LogP contribution in [0.1, 0.15) is 161 Å². The summed E-state index contributed by atoms with van der Waals surface area (Å²) in [5.74, 6) is 3.25. The summed E-state index contributed by atoms with van der Waals surface area (Å²) in [4.78, 5) is 0. The van der Waals surface area contributed by atoms with Crippen molar-refractivity contribution in [3.63, 3.8) is 0 Å². The van der Waals surface area contributed by atoms with Gasteiger partial charge in [-0.3, -0.25) is 0 Å². The monoisotopic (exact) mass is 498 g/mol. The lowest BCUT2D eigenvalue weighted by Crippen LogP contribution is -2.21. The molecule has 1 saturated carbocycles. The largest absolute Gasteiger partial charge is 0.394 e. The van der Waals surface area contributed by atoms with Gasteiger partial charge in [-0.15, -0.1) is 0 Å². The number of hydrogen-bond donors (Lipinski definition) is 1. The maximum absolute atomic E-state index is 9.56. The summed E-state index contributed by atoms with van der Waals surface area (Å²) >= 11 is 1.97. The number of thioether (sulfide) groups is 1. The van der Waals surface area contributed by atoms with Crippen LogP contribution in [0.3, 0.4) is 0 Å². The van der Waals surface area contributed by atoms with Crippen molar-refractivity contribution in [2.24, 2.45) is 5.92 Å². The van der Waals surface area contributed by atoms with Gasteiger partial charge in [-0.1, -0.05) is 148 Å². The Morgan fingerprint density at radius 3 is 1.79 bits per heavy atom. The smallest absolute Gasteiger partial charge is 0.0895 e. The van der Waals surface area contributed by atoms with Crippen LogP contribution in [0.2, 0.25) is 0 Å². The van der Waals surface area contributed by atoms with Crippen molar-refractivity contribution in [3.05, 3.63) is 0 Å². The molecule has 34 heavy (non-hydrogen) atoms. The third-order valence-corrected chi connectivity index (χ3v) is 8.92. The summed E-state index contributed by atoms with van der Waals surface area (Å²) in [5, 5.41) is 9.56. The molecule has 1 atom stereocenters. The van der Waals surface area contributed by atoms with Crippen molar-refractivity contribution in [2.45, 2.75) is 167 Å². The summed E-state index contributed by atoms with van der Waals surface area (Å²) in [6.07, 6.45) is 34.0. The Morgan fingerprint density at radius 2 is 1.21 bits per heavy atom. The second kappa shape index (κ2) is 26.3. The molecule has 1 N–H and O–H groups in total. The quantitative estimate of drug-likeness (QED) is 0.120. The van der Waals surface area contributed by atoms with Crippen LogP contribution in [-0.2, 0) is 4.74 Å². The number of unbranched alkanes of at least 4 members (excludes halogenated alkanes) is 16. The fourth-order valence-electron chi connectivity index (χ4n) is 5.38. The zero-order valence-corrected chi connectivity index (χ0v) is 24.0. The third-order valence-electron chi connectivity index (χ3n) is 7.73. The maximum Gasteiger partial charge on any atom is 0.0895 e. The fraction of sp³-hybridized carbons (Fsp3) is 1.00. The Kier molecular flexibility index (Phi) is 25.0. The highest BCUT2D eigenvalue weighted by atomic mass is 32.2. The van der Waals surface area contributed by atoms with E-state index < -0.39 is 0 Å². The first-order valence-corrected chi connectivity index (χ1v) is 16.8. The van der Waals surface area contributed by atoms with Crippen LogP contribution in [0, 0.1) is 5.92 Å². The second-order valence-electron chi connectivity index (χ2n) is 11.1. The number of aliphatic hydroxyl groups is 1. The van der Waals surface area contributed by atoms with Crippen molar-refractivity contribution in [1.29, 1.82) is 0 Å². The Morgan fingerprint density at radius 1 is 0.676 bits per heavy atom. The molecule has 1 unspecified atom stereocenters. The minimum absolute atomic E-state index is 0.0391. The minimum Gasteiger partial charge on any atom is -0.394 e.